The number of nitrogens with one attached hydrogen (secondary N) is 1. The van der Waals surface area contributed by atoms with Gasteiger partial charge in [0.25, 0.3) is 11.8 Å². The van der Waals surface area contributed by atoms with Gasteiger partial charge in [0.2, 0.25) is 0 Å². The van der Waals surface area contributed by atoms with E-state index in [1.54, 1.807) is 17.5 Å². The second kappa shape index (κ2) is 8.95. The lowest BCUT2D eigenvalue weighted by Crippen LogP contribution is -2.27. The molecule has 4 aromatic rings. The second-order valence-corrected chi connectivity index (χ2v) is 12.2. The second-order valence-electron chi connectivity index (χ2n) is 10.1. The van der Waals surface area contributed by atoms with E-state index in [4.69, 9.17) is 5.73 Å². The number of amides is 2. The number of carbonyl (C=O) groups is 2. The van der Waals surface area contributed by atoms with Gasteiger partial charge in [-0.15, -0.1) is 22.7 Å². The maximum atomic E-state index is 13.8. The van der Waals surface area contributed by atoms with Crippen molar-refractivity contribution in [2.45, 2.75) is 46.2 Å². The third-order valence-electron chi connectivity index (χ3n) is 6.69. The molecule has 37 heavy (non-hydrogen) atoms. The van der Waals surface area contributed by atoms with E-state index in [0.29, 0.717) is 21.7 Å². The Morgan fingerprint density at radius 2 is 1.97 bits per heavy atom. The highest BCUT2D eigenvalue weighted by Crippen LogP contribution is 2.44. The number of hydrogen-bond acceptors (Lipinski definition) is 6. The van der Waals surface area contributed by atoms with Gasteiger partial charge in [-0.3, -0.25) is 9.59 Å². The monoisotopic (exact) mass is 547 g/mol. The van der Waals surface area contributed by atoms with Crippen molar-refractivity contribution in [1.29, 1.82) is 0 Å². The first kappa shape index (κ1) is 25.4. The minimum absolute atomic E-state index is 0.0830. The average Bonchev–Trinajstić information content (AvgIpc) is 3.53. The van der Waals surface area contributed by atoms with Crippen LogP contribution in [0.2, 0.25) is 0 Å². The Bertz CT molecular complexity index is 1510. The Morgan fingerprint density at radius 1 is 1.22 bits per heavy atom. The molecule has 0 fully saturated rings. The van der Waals surface area contributed by atoms with E-state index >= 15 is 0 Å². The summed E-state index contributed by atoms with van der Waals surface area (Å²) in [5, 5.41) is 8.62. The van der Waals surface area contributed by atoms with Gasteiger partial charge in [0.05, 0.1) is 16.1 Å². The summed E-state index contributed by atoms with van der Waals surface area (Å²) in [5.74, 6) is -0.992. The zero-order valence-electron chi connectivity index (χ0n) is 20.3. The van der Waals surface area contributed by atoms with Crippen molar-refractivity contribution in [2.75, 3.05) is 5.32 Å². The van der Waals surface area contributed by atoms with Crippen molar-refractivity contribution in [1.82, 2.24) is 14.6 Å². The van der Waals surface area contributed by atoms with E-state index in [1.165, 1.54) is 28.7 Å². The molecule has 1 aliphatic carbocycles. The number of halogens is 3. The molecular weight excluding hydrogens is 523 g/mol. The lowest BCUT2D eigenvalue weighted by molar-refractivity contribution is -0.142. The predicted molar refractivity (Wildman–Crippen MR) is 137 cm³/mol. The third-order valence-corrected chi connectivity index (χ3v) is 8.75. The number of rotatable bonds is 4. The van der Waals surface area contributed by atoms with Gasteiger partial charge in [-0.1, -0.05) is 26.8 Å². The van der Waals surface area contributed by atoms with Crippen molar-refractivity contribution in [3.8, 4) is 10.6 Å². The molecule has 0 bridgehead atoms. The van der Waals surface area contributed by atoms with E-state index in [1.807, 2.05) is 0 Å². The Morgan fingerprint density at radius 3 is 2.59 bits per heavy atom. The highest BCUT2D eigenvalue weighted by molar-refractivity contribution is 7.17. The molecule has 0 unspecified atom stereocenters. The maximum absolute atomic E-state index is 13.8. The van der Waals surface area contributed by atoms with Gasteiger partial charge in [0, 0.05) is 10.9 Å². The van der Waals surface area contributed by atoms with E-state index in [0.717, 1.165) is 29.3 Å². The number of hydrogen-bond donors (Lipinski definition) is 2. The fourth-order valence-electron chi connectivity index (χ4n) is 4.68. The summed E-state index contributed by atoms with van der Waals surface area (Å²) in [6.07, 6.45) is -2.40. The minimum Gasteiger partial charge on any atom is -0.365 e. The van der Waals surface area contributed by atoms with Crippen molar-refractivity contribution >= 4 is 45.1 Å². The molecule has 2 amide bonds. The van der Waals surface area contributed by atoms with Crippen LogP contribution in [0.3, 0.4) is 0 Å². The first-order chi connectivity index (χ1) is 17.3. The zero-order valence-corrected chi connectivity index (χ0v) is 21.9. The highest BCUT2D eigenvalue weighted by Gasteiger charge is 2.36. The Balaban J connectivity index is 1.51. The maximum Gasteiger partial charge on any atom is 0.433 e. The van der Waals surface area contributed by atoms with E-state index in [2.05, 4.69) is 36.2 Å². The van der Waals surface area contributed by atoms with Gasteiger partial charge in [0.1, 0.15) is 5.00 Å². The van der Waals surface area contributed by atoms with Gasteiger partial charge >= 0.3 is 6.18 Å². The van der Waals surface area contributed by atoms with Crippen molar-refractivity contribution in [2.24, 2.45) is 17.1 Å². The molecule has 0 spiro atoms. The van der Waals surface area contributed by atoms with Crippen LogP contribution in [-0.2, 0) is 19.0 Å². The number of nitrogens with two attached hydrogens (primary N) is 1. The van der Waals surface area contributed by atoms with Crippen LogP contribution in [0.4, 0.5) is 18.2 Å². The van der Waals surface area contributed by atoms with Crippen LogP contribution in [0, 0.1) is 11.3 Å². The van der Waals surface area contributed by atoms with Crippen molar-refractivity contribution in [3.63, 3.8) is 0 Å². The molecule has 4 heterocycles. The average molecular weight is 548 g/mol. The van der Waals surface area contributed by atoms with Crippen LogP contribution in [-0.4, -0.2) is 26.4 Å². The number of primary amides is 1. The number of anilines is 1. The quantitative estimate of drug-likeness (QED) is 0.325. The van der Waals surface area contributed by atoms with Gasteiger partial charge in [-0.05, 0) is 53.7 Å². The van der Waals surface area contributed by atoms with E-state index < -0.39 is 23.7 Å². The van der Waals surface area contributed by atoms with Crippen LogP contribution < -0.4 is 11.1 Å². The lowest BCUT2D eigenvalue weighted by atomic mass is 9.72. The smallest absolute Gasteiger partial charge is 0.365 e. The number of fused-ring (bicyclic) bond motifs is 2. The van der Waals surface area contributed by atoms with Crippen LogP contribution in [0.25, 0.3) is 16.2 Å². The van der Waals surface area contributed by atoms with Crippen LogP contribution in [0.1, 0.15) is 64.2 Å². The molecule has 4 aromatic heterocycles. The number of alkyl halides is 3. The summed E-state index contributed by atoms with van der Waals surface area (Å²) in [7, 11) is 0. The first-order valence-electron chi connectivity index (χ1n) is 11.6. The van der Waals surface area contributed by atoms with Crippen LogP contribution in [0.5, 0.6) is 0 Å². The molecule has 0 radical (unpaired) electrons. The molecule has 3 N–H and O–H groups in total. The van der Waals surface area contributed by atoms with Gasteiger partial charge < -0.3 is 11.1 Å². The first-order valence-corrected chi connectivity index (χ1v) is 13.3. The summed E-state index contributed by atoms with van der Waals surface area (Å²) in [6.45, 7) is 6.51. The molecule has 12 heteroatoms. The summed E-state index contributed by atoms with van der Waals surface area (Å²) in [5.41, 5.74) is 5.58. The number of carbonyl (C=O) groups excluding carboxylic acids is 2. The normalized spacial score (nSPS) is 16.1. The SMILES string of the molecule is CC(C)(C)[C@@H]1CCc2c(sc(NC(=O)c3cc4nc(-c5cccs5)cc(C(F)(F)F)n4n3)c2C(N)=O)C1. The summed E-state index contributed by atoms with van der Waals surface area (Å²) >= 11 is 2.54. The highest BCUT2D eigenvalue weighted by atomic mass is 32.1. The Kier molecular flexibility index (Phi) is 6.14. The molecular formula is C25H24F3N5O2S2. The molecule has 7 nitrogen and oxygen atoms in total. The molecule has 0 saturated carbocycles. The van der Waals surface area contributed by atoms with E-state index in [9.17, 15) is 22.8 Å². The third kappa shape index (κ3) is 4.75. The molecule has 0 saturated heterocycles. The lowest BCUT2D eigenvalue weighted by Gasteiger charge is -2.33. The van der Waals surface area contributed by atoms with E-state index in [-0.39, 0.29) is 33.0 Å². The van der Waals surface area contributed by atoms with Gasteiger partial charge in [-0.25, -0.2) is 9.50 Å². The molecule has 5 rings (SSSR count). The van der Waals surface area contributed by atoms with Crippen molar-refractivity contribution in [3.05, 3.63) is 57.0 Å². The molecule has 0 aromatic carbocycles. The molecule has 194 valence electrons. The molecule has 0 aliphatic heterocycles. The summed E-state index contributed by atoms with van der Waals surface area (Å²) in [6, 6.07) is 5.50. The molecule has 1 atom stereocenters. The van der Waals surface area contributed by atoms with Gasteiger partial charge in [-0.2, -0.15) is 18.3 Å². The molecule has 1 aliphatic rings. The number of aromatic nitrogens is 3. The summed E-state index contributed by atoms with van der Waals surface area (Å²) < 4.78 is 42.2. The van der Waals surface area contributed by atoms with Crippen LogP contribution >= 0.6 is 22.7 Å². The Labute approximate surface area is 218 Å². The number of nitrogens with zero attached hydrogens (tertiary/aromatic N) is 3. The summed E-state index contributed by atoms with van der Waals surface area (Å²) in [4.78, 5) is 31.3. The largest absolute Gasteiger partial charge is 0.433 e. The Hall–Kier alpha value is -3.25. The van der Waals surface area contributed by atoms with Crippen LogP contribution in [0.15, 0.2) is 29.6 Å². The predicted octanol–water partition coefficient (Wildman–Crippen LogP) is 6.04. The zero-order chi connectivity index (χ0) is 26.7. The van der Waals surface area contributed by atoms with Gasteiger partial charge in [0.15, 0.2) is 17.0 Å². The number of thiophene rings is 2. The topological polar surface area (TPSA) is 102 Å². The fraction of sp³-hybridized carbons (Fsp3) is 0.360. The minimum atomic E-state index is -4.72. The fourth-order valence-corrected chi connectivity index (χ4v) is 6.69. The standard InChI is InChI=1S/C25H24F3N5O2S2/c1-24(2,3)12-6-7-13-17(9-12)37-23(20(13)21(29)34)31-22(35)15-11-19-30-14(16-5-4-8-36-16)10-18(25(26,27)28)33(19)32-15/h4-5,8,10-12H,6-7,9H2,1-3H3,(H2,29,34)(H,31,35)/t12-/m1/s1. The van der Waals surface area contributed by atoms with Crippen molar-refractivity contribution < 1.29 is 22.8 Å².